The molecule has 0 aliphatic carbocycles. The van der Waals surface area contributed by atoms with Crippen molar-refractivity contribution in [2.24, 2.45) is 0 Å². The van der Waals surface area contributed by atoms with Gasteiger partial charge in [0.05, 0.1) is 12.6 Å². The van der Waals surface area contributed by atoms with E-state index in [1.807, 2.05) is 56.0 Å². The van der Waals surface area contributed by atoms with E-state index in [-0.39, 0.29) is 30.3 Å². The number of amides is 3. The molecule has 3 aromatic carbocycles. The molecule has 0 aliphatic heterocycles. The first-order valence-electron chi connectivity index (χ1n) is 12.8. The number of hydrogen-bond donors (Lipinski definition) is 3. The number of carbonyl (C=O) groups is 3. The Morgan fingerprint density at radius 1 is 0.784 bits per heavy atom. The molecule has 0 aliphatic rings. The largest absolute Gasteiger partial charge is 0.376 e. The zero-order valence-corrected chi connectivity index (χ0v) is 21.8. The monoisotopic (exact) mass is 500 g/mol. The summed E-state index contributed by atoms with van der Waals surface area (Å²) in [7, 11) is 0. The summed E-state index contributed by atoms with van der Waals surface area (Å²) < 4.78 is 0. The van der Waals surface area contributed by atoms with E-state index in [9.17, 15) is 14.4 Å². The predicted molar refractivity (Wildman–Crippen MR) is 149 cm³/mol. The minimum atomic E-state index is -0.234. The number of anilines is 2. The van der Waals surface area contributed by atoms with Crippen LogP contribution in [0.15, 0.2) is 78.9 Å². The van der Waals surface area contributed by atoms with Crippen LogP contribution in [0.1, 0.15) is 65.9 Å². The third kappa shape index (κ3) is 8.20. The van der Waals surface area contributed by atoms with Crippen molar-refractivity contribution in [2.45, 2.75) is 39.7 Å². The zero-order valence-electron chi connectivity index (χ0n) is 21.8. The summed E-state index contributed by atoms with van der Waals surface area (Å²) in [6, 6.07) is 23.7. The average Bonchev–Trinajstić information content (AvgIpc) is 2.92. The SMILES string of the molecule is CCCN(CCC)C(=O)c1cccc(NC(=O)CNc2ccc(C(=O)NC(C)c3ccccc3)cc2)c1. The summed E-state index contributed by atoms with van der Waals surface area (Å²) >= 11 is 0. The number of nitrogens with one attached hydrogen (secondary N) is 3. The smallest absolute Gasteiger partial charge is 0.253 e. The van der Waals surface area contributed by atoms with Crippen molar-refractivity contribution in [3.63, 3.8) is 0 Å². The minimum Gasteiger partial charge on any atom is -0.376 e. The first-order chi connectivity index (χ1) is 17.9. The summed E-state index contributed by atoms with van der Waals surface area (Å²) in [5.41, 5.74) is 3.43. The van der Waals surface area contributed by atoms with Gasteiger partial charge in [0.25, 0.3) is 11.8 Å². The average molecular weight is 501 g/mol. The van der Waals surface area contributed by atoms with E-state index in [1.165, 1.54) is 0 Å². The summed E-state index contributed by atoms with van der Waals surface area (Å²) in [6.07, 6.45) is 1.79. The fourth-order valence-electron chi connectivity index (χ4n) is 4.00. The molecule has 1 atom stereocenters. The summed E-state index contributed by atoms with van der Waals surface area (Å²) in [6.45, 7) is 7.51. The fraction of sp³-hybridized carbons (Fsp3) is 0.300. The predicted octanol–water partition coefficient (Wildman–Crippen LogP) is 5.49. The van der Waals surface area contributed by atoms with E-state index in [0.717, 1.165) is 24.1 Å². The van der Waals surface area contributed by atoms with Gasteiger partial charge in [0.2, 0.25) is 5.91 Å². The molecule has 0 radical (unpaired) electrons. The van der Waals surface area contributed by atoms with Gasteiger partial charge in [-0.15, -0.1) is 0 Å². The van der Waals surface area contributed by atoms with Crippen molar-refractivity contribution >= 4 is 29.1 Å². The number of benzene rings is 3. The van der Waals surface area contributed by atoms with Crippen molar-refractivity contribution in [2.75, 3.05) is 30.3 Å². The molecule has 3 amide bonds. The van der Waals surface area contributed by atoms with Crippen LogP contribution in [0, 0.1) is 0 Å². The summed E-state index contributed by atoms with van der Waals surface area (Å²) in [5.74, 6) is -0.422. The van der Waals surface area contributed by atoms with Crippen molar-refractivity contribution in [3.8, 4) is 0 Å². The van der Waals surface area contributed by atoms with E-state index in [2.05, 4.69) is 16.0 Å². The van der Waals surface area contributed by atoms with Crippen LogP contribution < -0.4 is 16.0 Å². The number of carbonyl (C=O) groups excluding carboxylic acids is 3. The second-order valence-corrected chi connectivity index (χ2v) is 8.96. The molecule has 7 heteroatoms. The Morgan fingerprint density at radius 3 is 2.11 bits per heavy atom. The molecule has 0 fully saturated rings. The van der Waals surface area contributed by atoms with E-state index < -0.39 is 0 Å². The van der Waals surface area contributed by atoms with Crippen LogP contribution in [-0.2, 0) is 4.79 Å². The Bertz CT molecular complexity index is 1170. The van der Waals surface area contributed by atoms with Gasteiger partial charge in [-0.1, -0.05) is 50.2 Å². The van der Waals surface area contributed by atoms with Gasteiger partial charge in [0.1, 0.15) is 0 Å². The Kier molecular flexibility index (Phi) is 10.3. The van der Waals surface area contributed by atoms with E-state index in [0.29, 0.717) is 29.9 Å². The molecule has 0 saturated carbocycles. The van der Waals surface area contributed by atoms with Crippen LogP contribution in [0.5, 0.6) is 0 Å². The normalized spacial score (nSPS) is 11.3. The van der Waals surface area contributed by atoms with Gasteiger partial charge in [0, 0.05) is 35.6 Å². The van der Waals surface area contributed by atoms with Crippen LogP contribution in [0.2, 0.25) is 0 Å². The van der Waals surface area contributed by atoms with Crippen LogP contribution >= 0.6 is 0 Å². The lowest BCUT2D eigenvalue weighted by atomic mass is 10.1. The molecule has 194 valence electrons. The second-order valence-electron chi connectivity index (χ2n) is 8.96. The van der Waals surface area contributed by atoms with Gasteiger partial charge in [-0.05, 0) is 67.8 Å². The first-order valence-corrected chi connectivity index (χ1v) is 12.8. The molecule has 0 aromatic heterocycles. The quantitative estimate of drug-likeness (QED) is 0.307. The molecule has 0 saturated heterocycles. The molecule has 3 rings (SSSR count). The maximum Gasteiger partial charge on any atom is 0.253 e. The van der Waals surface area contributed by atoms with Crippen LogP contribution in [0.3, 0.4) is 0 Å². The molecule has 3 aromatic rings. The molecule has 37 heavy (non-hydrogen) atoms. The minimum absolute atomic E-state index is 0.0276. The third-order valence-corrected chi connectivity index (χ3v) is 5.91. The number of nitrogens with zero attached hydrogens (tertiary/aromatic N) is 1. The molecule has 0 bridgehead atoms. The fourth-order valence-corrected chi connectivity index (χ4v) is 4.00. The molecular formula is C30H36N4O3. The first kappa shape index (κ1) is 27.5. The Hall–Kier alpha value is -4.13. The van der Waals surface area contributed by atoms with Gasteiger partial charge in [-0.2, -0.15) is 0 Å². The van der Waals surface area contributed by atoms with Crippen LogP contribution in [-0.4, -0.2) is 42.3 Å². The van der Waals surface area contributed by atoms with Crippen molar-refractivity contribution < 1.29 is 14.4 Å². The summed E-state index contributed by atoms with van der Waals surface area (Å²) in [5, 5.41) is 8.90. The number of rotatable bonds is 12. The lowest BCUT2D eigenvalue weighted by Crippen LogP contribution is -2.32. The molecule has 3 N–H and O–H groups in total. The molecule has 1 unspecified atom stereocenters. The summed E-state index contributed by atoms with van der Waals surface area (Å²) in [4.78, 5) is 39.8. The van der Waals surface area contributed by atoms with E-state index >= 15 is 0 Å². The van der Waals surface area contributed by atoms with E-state index in [4.69, 9.17) is 0 Å². The lowest BCUT2D eigenvalue weighted by Gasteiger charge is -2.21. The second kappa shape index (κ2) is 13.8. The third-order valence-electron chi connectivity index (χ3n) is 5.91. The highest BCUT2D eigenvalue weighted by Gasteiger charge is 2.15. The maximum atomic E-state index is 12.9. The highest BCUT2D eigenvalue weighted by atomic mass is 16.2. The van der Waals surface area contributed by atoms with Crippen molar-refractivity contribution in [1.29, 1.82) is 0 Å². The van der Waals surface area contributed by atoms with Crippen LogP contribution in [0.4, 0.5) is 11.4 Å². The van der Waals surface area contributed by atoms with E-state index in [1.54, 1.807) is 48.5 Å². The lowest BCUT2D eigenvalue weighted by molar-refractivity contribution is -0.114. The van der Waals surface area contributed by atoms with Gasteiger partial charge in [-0.3, -0.25) is 14.4 Å². The Balaban J connectivity index is 1.51. The number of hydrogen-bond acceptors (Lipinski definition) is 4. The highest BCUT2D eigenvalue weighted by molar-refractivity contribution is 5.98. The zero-order chi connectivity index (χ0) is 26.6. The van der Waals surface area contributed by atoms with Crippen molar-refractivity contribution in [1.82, 2.24) is 10.2 Å². The Morgan fingerprint density at radius 2 is 1.46 bits per heavy atom. The Labute approximate surface area is 219 Å². The molecule has 0 heterocycles. The molecule has 7 nitrogen and oxygen atoms in total. The van der Waals surface area contributed by atoms with Gasteiger partial charge in [0.15, 0.2) is 0 Å². The van der Waals surface area contributed by atoms with Gasteiger partial charge < -0.3 is 20.9 Å². The molecule has 0 spiro atoms. The van der Waals surface area contributed by atoms with Crippen molar-refractivity contribution in [3.05, 3.63) is 95.6 Å². The van der Waals surface area contributed by atoms with Gasteiger partial charge in [-0.25, -0.2) is 0 Å². The molecular weight excluding hydrogens is 464 g/mol. The standard InChI is InChI=1S/C30H36N4O3/c1-4-18-34(19-5-2)30(37)25-12-9-13-27(20-25)33-28(35)21-31-26-16-14-24(15-17-26)29(36)32-22(3)23-10-7-6-8-11-23/h6-17,20,22,31H,4-5,18-19,21H2,1-3H3,(H,32,36)(H,33,35). The maximum absolute atomic E-state index is 12.9. The topological polar surface area (TPSA) is 90.5 Å². The van der Waals surface area contributed by atoms with Gasteiger partial charge >= 0.3 is 0 Å². The van der Waals surface area contributed by atoms with Crippen LogP contribution in [0.25, 0.3) is 0 Å². The highest BCUT2D eigenvalue weighted by Crippen LogP contribution is 2.16.